The average molecular weight is 322 g/mol. The predicted molar refractivity (Wildman–Crippen MR) is 85.9 cm³/mol. The van der Waals surface area contributed by atoms with Gasteiger partial charge in [-0.15, -0.1) is 0 Å². The van der Waals surface area contributed by atoms with Crippen molar-refractivity contribution in [2.24, 2.45) is 0 Å². The van der Waals surface area contributed by atoms with Crippen LogP contribution in [0.1, 0.15) is 19.3 Å². The normalized spacial score (nSPS) is 15.2. The fourth-order valence-electron chi connectivity index (χ4n) is 2.28. The molecule has 0 saturated carbocycles. The molecule has 5 nitrogen and oxygen atoms in total. The first-order valence-electron chi connectivity index (χ1n) is 6.90. The van der Waals surface area contributed by atoms with Crippen molar-refractivity contribution in [3.05, 3.63) is 29.3 Å². The van der Waals surface area contributed by atoms with Crippen molar-refractivity contribution in [3.63, 3.8) is 0 Å². The fraction of sp³-hybridized carbons (Fsp3) is 0.357. The minimum absolute atomic E-state index is 0.259. The van der Waals surface area contributed by atoms with E-state index in [0.29, 0.717) is 16.1 Å². The Balaban J connectivity index is 1.83. The molecule has 0 radical (unpaired) electrons. The second-order valence-corrected chi connectivity index (χ2v) is 6.36. The van der Waals surface area contributed by atoms with Gasteiger partial charge >= 0.3 is 0 Å². The van der Waals surface area contributed by atoms with E-state index >= 15 is 0 Å². The van der Waals surface area contributed by atoms with E-state index in [0.717, 1.165) is 18.0 Å². The Morgan fingerprint density at radius 3 is 2.67 bits per heavy atom. The smallest absolute Gasteiger partial charge is 0.231 e. The zero-order valence-corrected chi connectivity index (χ0v) is 13.1. The number of nitrogen functional groups attached to an aromatic ring is 1. The number of hydrogen-bond acceptors (Lipinski definition) is 6. The van der Waals surface area contributed by atoms with Gasteiger partial charge in [0.25, 0.3) is 0 Å². The van der Waals surface area contributed by atoms with Crippen molar-refractivity contribution in [1.82, 2.24) is 15.0 Å². The largest absolute Gasteiger partial charge is 0.368 e. The van der Waals surface area contributed by atoms with Crippen LogP contribution in [0.5, 0.6) is 0 Å². The lowest BCUT2D eigenvalue weighted by atomic mass is 10.1. The molecule has 0 atom stereocenters. The molecule has 0 unspecified atom stereocenters. The number of anilines is 2. The quantitative estimate of drug-likeness (QED) is 0.936. The third-order valence-corrected chi connectivity index (χ3v) is 4.35. The van der Waals surface area contributed by atoms with E-state index in [2.05, 4.69) is 19.9 Å². The molecule has 0 amide bonds. The molecule has 7 heteroatoms. The highest BCUT2D eigenvalue weighted by atomic mass is 35.5. The molecule has 1 aromatic heterocycles. The van der Waals surface area contributed by atoms with Gasteiger partial charge in [0.15, 0.2) is 5.16 Å². The average Bonchev–Trinajstić information content (AvgIpc) is 2.47. The summed E-state index contributed by atoms with van der Waals surface area (Å²) in [6.45, 7) is 1.95. The molecule has 1 aliphatic rings. The van der Waals surface area contributed by atoms with Crippen LogP contribution in [0.2, 0.25) is 5.02 Å². The molecule has 0 aliphatic carbocycles. The van der Waals surface area contributed by atoms with Gasteiger partial charge in [-0.2, -0.15) is 15.0 Å². The third kappa shape index (κ3) is 3.77. The summed E-state index contributed by atoms with van der Waals surface area (Å²) in [5.41, 5.74) is 5.82. The molecule has 2 aromatic rings. The third-order valence-electron chi connectivity index (χ3n) is 3.26. The van der Waals surface area contributed by atoms with Crippen molar-refractivity contribution in [1.29, 1.82) is 0 Å². The van der Waals surface area contributed by atoms with Crippen LogP contribution in [0.25, 0.3) is 0 Å². The molecule has 1 fully saturated rings. The van der Waals surface area contributed by atoms with Crippen LogP contribution in [0, 0.1) is 0 Å². The first kappa shape index (κ1) is 14.4. The number of piperidine rings is 1. The van der Waals surface area contributed by atoms with Gasteiger partial charge in [0.05, 0.1) is 0 Å². The Morgan fingerprint density at radius 2 is 1.90 bits per heavy atom. The number of rotatable bonds is 3. The van der Waals surface area contributed by atoms with Crippen molar-refractivity contribution in [3.8, 4) is 0 Å². The highest BCUT2D eigenvalue weighted by molar-refractivity contribution is 7.99. The summed E-state index contributed by atoms with van der Waals surface area (Å²) in [7, 11) is 0. The molecule has 21 heavy (non-hydrogen) atoms. The van der Waals surface area contributed by atoms with Gasteiger partial charge in [-0.05, 0) is 49.2 Å². The lowest BCUT2D eigenvalue weighted by Gasteiger charge is -2.26. The monoisotopic (exact) mass is 321 g/mol. The van der Waals surface area contributed by atoms with Gasteiger partial charge in [-0.1, -0.05) is 17.7 Å². The van der Waals surface area contributed by atoms with Gasteiger partial charge in [0.1, 0.15) is 0 Å². The summed E-state index contributed by atoms with van der Waals surface area (Å²) >= 11 is 7.44. The van der Waals surface area contributed by atoms with E-state index in [1.807, 2.05) is 24.3 Å². The number of aromatic nitrogens is 3. The summed E-state index contributed by atoms with van der Waals surface area (Å²) in [5, 5.41) is 1.30. The number of nitrogens with two attached hydrogens (primary N) is 1. The molecule has 1 aliphatic heterocycles. The van der Waals surface area contributed by atoms with Crippen LogP contribution in [0.3, 0.4) is 0 Å². The minimum Gasteiger partial charge on any atom is -0.368 e. The molecule has 2 heterocycles. The summed E-state index contributed by atoms with van der Waals surface area (Å²) in [6.07, 6.45) is 3.60. The first-order valence-corrected chi connectivity index (χ1v) is 8.10. The Morgan fingerprint density at radius 1 is 1.10 bits per heavy atom. The van der Waals surface area contributed by atoms with Crippen LogP contribution >= 0.6 is 23.4 Å². The molecule has 1 aromatic carbocycles. The van der Waals surface area contributed by atoms with Crippen LogP contribution in [-0.2, 0) is 0 Å². The Hall–Kier alpha value is -1.53. The van der Waals surface area contributed by atoms with E-state index in [-0.39, 0.29) is 5.95 Å². The van der Waals surface area contributed by atoms with Crippen molar-refractivity contribution < 1.29 is 0 Å². The van der Waals surface area contributed by atoms with Crippen LogP contribution in [0.4, 0.5) is 11.9 Å². The molecule has 1 saturated heterocycles. The minimum atomic E-state index is 0.259. The van der Waals surface area contributed by atoms with E-state index < -0.39 is 0 Å². The van der Waals surface area contributed by atoms with E-state index in [1.165, 1.54) is 31.0 Å². The van der Waals surface area contributed by atoms with Crippen LogP contribution < -0.4 is 10.6 Å². The van der Waals surface area contributed by atoms with E-state index in [4.69, 9.17) is 17.3 Å². The zero-order valence-electron chi connectivity index (χ0n) is 11.5. The molecular formula is C14H16ClN5S. The topological polar surface area (TPSA) is 67.9 Å². The van der Waals surface area contributed by atoms with E-state index in [1.54, 1.807) is 0 Å². The van der Waals surface area contributed by atoms with Crippen LogP contribution in [-0.4, -0.2) is 28.0 Å². The van der Waals surface area contributed by atoms with Gasteiger partial charge in [0.2, 0.25) is 11.9 Å². The number of halogens is 1. The Labute approximate surface area is 132 Å². The summed E-state index contributed by atoms with van der Waals surface area (Å²) in [5.74, 6) is 0.932. The van der Waals surface area contributed by atoms with Crippen molar-refractivity contribution in [2.45, 2.75) is 29.3 Å². The summed E-state index contributed by atoms with van der Waals surface area (Å²) in [6, 6.07) is 7.59. The lowest BCUT2D eigenvalue weighted by Crippen LogP contribution is -2.31. The van der Waals surface area contributed by atoms with Crippen molar-refractivity contribution in [2.75, 3.05) is 23.7 Å². The molecule has 0 bridgehead atoms. The second kappa shape index (κ2) is 6.49. The highest BCUT2D eigenvalue weighted by Gasteiger charge is 2.16. The van der Waals surface area contributed by atoms with Gasteiger partial charge in [-0.25, -0.2) is 0 Å². The molecule has 3 rings (SSSR count). The van der Waals surface area contributed by atoms with Gasteiger partial charge in [-0.3, -0.25) is 0 Å². The maximum absolute atomic E-state index is 6.00. The predicted octanol–water partition coefficient (Wildman–Crippen LogP) is 3.25. The van der Waals surface area contributed by atoms with Crippen molar-refractivity contribution >= 4 is 35.3 Å². The second-order valence-electron chi connectivity index (χ2n) is 4.88. The molecule has 2 N–H and O–H groups in total. The van der Waals surface area contributed by atoms with Gasteiger partial charge in [0, 0.05) is 23.0 Å². The molecule has 110 valence electrons. The highest BCUT2D eigenvalue weighted by Crippen LogP contribution is 2.28. The summed E-state index contributed by atoms with van der Waals surface area (Å²) in [4.78, 5) is 16.1. The maximum atomic E-state index is 6.00. The lowest BCUT2D eigenvalue weighted by molar-refractivity contribution is 0.565. The first-order chi connectivity index (χ1) is 10.2. The van der Waals surface area contributed by atoms with Crippen LogP contribution in [0.15, 0.2) is 34.3 Å². The number of hydrogen-bond donors (Lipinski definition) is 1. The SMILES string of the molecule is Nc1nc(Sc2cccc(Cl)c2)nc(N2CCCCC2)n1. The fourth-order valence-corrected chi connectivity index (χ4v) is 3.34. The Bertz CT molecular complexity index is 631. The standard InChI is InChI=1S/C14H16ClN5S/c15-10-5-4-6-11(9-10)21-14-18-12(16)17-13(19-14)20-7-2-1-3-8-20/h4-6,9H,1-3,7-8H2,(H2,16,17,18,19). The molecular weight excluding hydrogens is 306 g/mol. The van der Waals surface area contributed by atoms with E-state index in [9.17, 15) is 0 Å². The number of nitrogens with zero attached hydrogens (tertiary/aromatic N) is 4. The zero-order chi connectivity index (χ0) is 14.7. The summed E-state index contributed by atoms with van der Waals surface area (Å²) < 4.78 is 0. The Kier molecular flexibility index (Phi) is 4.45. The maximum Gasteiger partial charge on any atom is 0.231 e. The molecule has 0 spiro atoms. The van der Waals surface area contributed by atoms with Gasteiger partial charge < -0.3 is 10.6 Å². The number of benzene rings is 1.